The standard InChI is InChI=1S/C20H25N3O3S/c1-13(23(19(25)26)20(2,3)4)17-21-15(12-27-17)18(24)22-11-7-9-14-8-5-6-10-16(14)22/h5-6,8,10,12-13H,7,9,11H2,1-4H3,(H,25,26). The minimum Gasteiger partial charge on any atom is -0.465 e. The summed E-state index contributed by atoms with van der Waals surface area (Å²) in [5, 5.41) is 12.0. The van der Waals surface area contributed by atoms with Crippen molar-refractivity contribution in [1.29, 1.82) is 0 Å². The zero-order chi connectivity index (χ0) is 19.8. The van der Waals surface area contributed by atoms with E-state index in [0.29, 0.717) is 17.2 Å². The van der Waals surface area contributed by atoms with Gasteiger partial charge in [-0.1, -0.05) is 18.2 Å². The van der Waals surface area contributed by atoms with Crippen molar-refractivity contribution in [2.24, 2.45) is 0 Å². The van der Waals surface area contributed by atoms with Gasteiger partial charge in [-0.3, -0.25) is 9.69 Å². The molecule has 1 atom stereocenters. The molecular weight excluding hydrogens is 362 g/mol. The summed E-state index contributed by atoms with van der Waals surface area (Å²) < 4.78 is 0. The van der Waals surface area contributed by atoms with Crippen LogP contribution in [0.25, 0.3) is 0 Å². The van der Waals surface area contributed by atoms with Crippen LogP contribution >= 0.6 is 11.3 Å². The number of hydrogen-bond donors (Lipinski definition) is 1. The summed E-state index contributed by atoms with van der Waals surface area (Å²) >= 11 is 1.33. The van der Waals surface area contributed by atoms with Crippen LogP contribution in [-0.2, 0) is 6.42 Å². The summed E-state index contributed by atoms with van der Waals surface area (Å²) in [6.07, 6.45) is 0.897. The topological polar surface area (TPSA) is 73.7 Å². The predicted molar refractivity (Wildman–Crippen MR) is 107 cm³/mol. The van der Waals surface area contributed by atoms with Crippen molar-refractivity contribution in [3.63, 3.8) is 0 Å². The van der Waals surface area contributed by atoms with Gasteiger partial charge in [-0.25, -0.2) is 9.78 Å². The van der Waals surface area contributed by atoms with Crippen molar-refractivity contribution in [3.8, 4) is 0 Å². The number of carbonyl (C=O) groups excluding carboxylic acids is 1. The Hall–Kier alpha value is -2.41. The van der Waals surface area contributed by atoms with Crippen molar-refractivity contribution in [2.75, 3.05) is 11.4 Å². The molecule has 7 heteroatoms. The van der Waals surface area contributed by atoms with Crippen molar-refractivity contribution >= 4 is 29.0 Å². The van der Waals surface area contributed by atoms with Crippen LogP contribution in [0.1, 0.15) is 61.2 Å². The van der Waals surface area contributed by atoms with E-state index in [4.69, 9.17) is 0 Å². The first-order valence-electron chi connectivity index (χ1n) is 9.07. The lowest BCUT2D eigenvalue weighted by atomic mass is 10.0. The monoisotopic (exact) mass is 387 g/mol. The van der Waals surface area contributed by atoms with Crippen molar-refractivity contribution in [2.45, 2.75) is 52.1 Å². The average molecular weight is 388 g/mol. The maximum Gasteiger partial charge on any atom is 0.408 e. The van der Waals surface area contributed by atoms with E-state index in [-0.39, 0.29) is 5.91 Å². The van der Waals surface area contributed by atoms with Gasteiger partial charge in [0.2, 0.25) is 0 Å². The second kappa shape index (κ2) is 7.31. The Morgan fingerprint density at radius 3 is 2.67 bits per heavy atom. The third kappa shape index (κ3) is 3.83. The minimum atomic E-state index is -0.997. The number of aromatic nitrogens is 1. The number of nitrogens with zero attached hydrogens (tertiary/aromatic N) is 3. The predicted octanol–water partition coefficient (Wildman–Crippen LogP) is 4.58. The number of hydrogen-bond acceptors (Lipinski definition) is 4. The van der Waals surface area contributed by atoms with Crippen molar-refractivity contribution in [1.82, 2.24) is 9.88 Å². The quantitative estimate of drug-likeness (QED) is 0.837. The van der Waals surface area contributed by atoms with Gasteiger partial charge >= 0.3 is 6.09 Å². The second-order valence-electron chi connectivity index (χ2n) is 7.76. The van der Waals surface area contributed by atoms with Crippen LogP contribution in [0.4, 0.5) is 10.5 Å². The maximum atomic E-state index is 13.0. The lowest BCUT2D eigenvalue weighted by Crippen LogP contribution is -2.46. The second-order valence-corrected chi connectivity index (χ2v) is 8.65. The van der Waals surface area contributed by atoms with E-state index in [0.717, 1.165) is 18.5 Å². The fourth-order valence-corrected chi connectivity index (χ4v) is 4.44. The molecule has 6 nitrogen and oxygen atoms in total. The largest absolute Gasteiger partial charge is 0.465 e. The fourth-order valence-electron chi connectivity index (χ4n) is 3.60. The summed E-state index contributed by atoms with van der Waals surface area (Å²) in [4.78, 5) is 32.4. The van der Waals surface area contributed by atoms with Crippen LogP contribution in [0.5, 0.6) is 0 Å². The molecule has 2 amide bonds. The Kier molecular flexibility index (Phi) is 5.24. The molecule has 144 valence electrons. The van der Waals surface area contributed by atoms with E-state index >= 15 is 0 Å². The number of amides is 2. The molecule has 1 unspecified atom stereocenters. The number of para-hydroxylation sites is 1. The van der Waals surface area contributed by atoms with Crippen molar-refractivity contribution < 1.29 is 14.7 Å². The van der Waals surface area contributed by atoms with Gasteiger partial charge in [0.05, 0.1) is 6.04 Å². The molecule has 0 bridgehead atoms. The van der Waals surface area contributed by atoms with Gasteiger partial charge in [-0.05, 0) is 52.2 Å². The molecule has 1 N–H and O–H groups in total. The number of carboxylic acid groups (broad SMARTS) is 1. The lowest BCUT2D eigenvalue weighted by Gasteiger charge is -2.37. The molecule has 27 heavy (non-hydrogen) atoms. The van der Waals surface area contributed by atoms with Gasteiger partial charge in [0.25, 0.3) is 5.91 Å². The number of anilines is 1. The Balaban J connectivity index is 1.86. The normalized spacial score (nSPS) is 15.2. The van der Waals surface area contributed by atoms with Gasteiger partial charge in [-0.15, -0.1) is 11.3 Å². The SMILES string of the molecule is CC(c1nc(C(=O)N2CCCc3ccccc32)cs1)N(C(=O)O)C(C)(C)C. The highest BCUT2D eigenvalue weighted by Gasteiger charge is 2.34. The summed E-state index contributed by atoms with van der Waals surface area (Å²) in [6, 6.07) is 7.52. The van der Waals surface area contributed by atoms with Gasteiger partial charge in [-0.2, -0.15) is 0 Å². The highest BCUT2D eigenvalue weighted by atomic mass is 32.1. The molecule has 0 saturated carbocycles. The highest BCUT2D eigenvalue weighted by molar-refractivity contribution is 7.09. The zero-order valence-electron chi connectivity index (χ0n) is 16.1. The Bertz CT molecular complexity index is 856. The molecule has 1 aliphatic heterocycles. The molecule has 1 aromatic heterocycles. The Morgan fingerprint density at radius 2 is 2.00 bits per heavy atom. The third-order valence-electron chi connectivity index (χ3n) is 4.77. The summed E-state index contributed by atoms with van der Waals surface area (Å²) in [5.41, 5.74) is 1.93. The number of benzene rings is 1. The first-order valence-corrected chi connectivity index (χ1v) is 9.95. The molecule has 0 spiro atoms. The van der Waals surface area contributed by atoms with Crippen LogP contribution in [0.15, 0.2) is 29.6 Å². The van der Waals surface area contributed by atoms with Crippen molar-refractivity contribution in [3.05, 3.63) is 45.9 Å². The van der Waals surface area contributed by atoms with Gasteiger partial charge in [0.1, 0.15) is 10.7 Å². The summed E-state index contributed by atoms with van der Waals surface area (Å²) in [5.74, 6) is -0.130. The number of aryl methyl sites for hydroxylation is 1. The number of fused-ring (bicyclic) bond motifs is 1. The van der Waals surface area contributed by atoms with Crippen LogP contribution in [0.3, 0.4) is 0 Å². The first-order chi connectivity index (χ1) is 12.7. The molecule has 1 aliphatic rings. The molecule has 2 aromatic rings. The van der Waals surface area contributed by atoms with E-state index in [1.54, 1.807) is 10.3 Å². The average Bonchev–Trinajstić information content (AvgIpc) is 3.09. The molecule has 0 aliphatic carbocycles. The molecule has 3 rings (SSSR count). The van der Waals surface area contributed by atoms with E-state index in [1.807, 2.05) is 45.9 Å². The Morgan fingerprint density at radius 1 is 1.30 bits per heavy atom. The Labute approximate surface area is 163 Å². The van der Waals surface area contributed by atoms with E-state index in [1.165, 1.54) is 21.8 Å². The van der Waals surface area contributed by atoms with Crippen LogP contribution < -0.4 is 4.90 Å². The summed E-state index contributed by atoms with van der Waals surface area (Å²) in [7, 11) is 0. The smallest absolute Gasteiger partial charge is 0.408 e. The van der Waals surface area contributed by atoms with E-state index < -0.39 is 17.7 Å². The van der Waals surface area contributed by atoms with Gasteiger partial charge < -0.3 is 10.0 Å². The number of rotatable bonds is 3. The van der Waals surface area contributed by atoms with E-state index in [2.05, 4.69) is 11.1 Å². The van der Waals surface area contributed by atoms with Gasteiger partial charge in [0.15, 0.2) is 0 Å². The first kappa shape index (κ1) is 19.4. The van der Waals surface area contributed by atoms with Crippen LogP contribution in [0, 0.1) is 0 Å². The molecule has 2 heterocycles. The van der Waals surface area contributed by atoms with Gasteiger partial charge in [0, 0.05) is 23.2 Å². The van der Waals surface area contributed by atoms with E-state index in [9.17, 15) is 14.7 Å². The molecule has 0 fully saturated rings. The fraction of sp³-hybridized carbons (Fsp3) is 0.450. The minimum absolute atomic E-state index is 0.130. The van der Waals surface area contributed by atoms with Crippen LogP contribution in [-0.4, -0.2) is 39.1 Å². The number of thiazole rings is 1. The molecule has 0 saturated heterocycles. The molecule has 1 aromatic carbocycles. The lowest BCUT2D eigenvalue weighted by molar-refractivity contribution is 0.0752. The zero-order valence-corrected chi connectivity index (χ0v) is 16.9. The third-order valence-corrected chi connectivity index (χ3v) is 5.78. The highest BCUT2D eigenvalue weighted by Crippen LogP contribution is 2.32. The number of carbonyl (C=O) groups is 2. The maximum absolute atomic E-state index is 13.0. The molecule has 0 radical (unpaired) electrons. The molecular formula is C20H25N3O3S. The summed E-state index contributed by atoms with van der Waals surface area (Å²) in [6.45, 7) is 8.02. The van der Waals surface area contributed by atoms with Crippen LogP contribution in [0.2, 0.25) is 0 Å².